The zero-order chi connectivity index (χ0) is 13.9. The van der Waals surface area contributed by atoms with Gasteiger partial charge in [0.1, 0.15) is 6.10 Å². The van der Waals surface area contributed by atoms with Gasteiger partial charge in [-0.3, -0.25) is 4.79 Å². The van der Waals surface area contributed by atoms with Crippen LogP contribution in [-0.2, 0) is 9.53 Å². The Morgan fingerprint density at radius 2 is 2.11 bits per heavy atom. The molecule has 3 aliphatic rings. The van der Waals surface area contributed by atoms with Gasteiger partial charge < -0.3 is 14.9 Å². The van der Waals surface area contributed by atoms with E-state index < -0.39 is 17.6 Å². The average Bonchev–Trinajstić information content (AvgIpc) is 2.60. The van der Waals surface area contributed by atoms with Crippen molar-refractivity contribution in [3.05, 3.63) is 11.6 Å². The van der Waals surface area contributed by atoms with Gasteiger partial charge in [-0.1, -0.05) is 25.5 Å². The Balaban J connectivity index is 2.02. The molecule has 1 aliphatic heterocycles. The Morgan fingerprint density at radius 1 is 1.42 bits per heavy atom. The summed E-state index contributed by atoms with van der Waals surface area (Å²) in [6.07, 6.45) is 1.93. The van der Waals surface area contributed by atoms with Gasteiger partial charge in [-0.2, -0.15) is 0 Å². The molecule has 19 heavy (non-hydrogen) atoms. The minimum Gasteiger partial charge on any atom is -0.462 e. The largest absolute Gasteiger partial charge is 0.462 e. The van der Waals surface area contributed by atoms with E-state index in [-0.39, 0.29) is 29.8 Å². The number of ether oxygens (including phenoxy) is 1. The quantitative estimate of drug-likeness (QED) is 0.512. The number of fused-ring (bicyclic) bond motifs is 2. The van der Waals surface area contributed by atoms with Gasteiger partial charge in [-0.25, -0.2) is 0 Å². The highest BCUT2D eigenvalue weighted by atomic mass is 16.6. The lowest BCUT2D eigenvalue weighted by molar-refractivity contribution is -0.154. The molecule has 0 aromatic rings. The zero-order valence-corrected chi connectivity index (χ0v) is 11.7. The van der Waals surface area contributed by atoms with Crippen LogP contribution in [-0.4, -0.2) is 34.5 Å². The Bertz CT molecular complexity index is 443. The third-order valence-corrected chi connectivity index (χ3v) is 5.65. The summed E-state index contributed by atoms with van der Waals surface area (Å²) in [5, 5.41) is 21.1. The van der Waals surface area contributed by atoms with E-state index >= 15 is 0 Å². The lowest BCUT2D eigenvalue weighted by atomic mass is 9.54. The first-order chi connectivity index (χ1) is 8.86. The number of aliphatic hydroxyl groups excluding tert-OH is 2. The highest BCUT2D eigenvalue weighted by molar-refractivity contribution is 5.75. The Labute approximate surface area is 113 Å². The number of carbonyl (C=O) groups excluding carboxylic acids is 1. The van der Waals surface area contributed by atoms with Crippen molar-refractivity contribution in [2.75, 3.05) is 0 Å². The zero-order valence-electron chi connectivity index (χ0n) is 11.7. The van der Waals surface area contributed by atoms with Crippen LogP contribution >= 0.6 is 0 Å². The van der Waals surface area contributed by atoms with E-state index in [0.717, 1.165) is 5.57 Å². The summed E-state index contributed by atoms with van der Waals surface area (Å²) in [7, 11) is 0. The average molecular weight is 266 g/mol. The summed E-state index contributed by atoms with van der Waals surface area (Å²) in [6.45, 7) is 5.85. The second-order valence-electron chi connectivity index (χ2n) is 6.72. The van der Waals surface area contributed by atoms with E-state index in [1.54, 1.807) is 0 Å². The first kappa shape index (κ1) is 13.1. The van der Waals surface area contributed by atoms with Crippen LogP contribution in [0.25, 0.3) is 0 Å². The van der Waals surface area contributed by atoms with E-state index in [2.05, 4.69) is 0 Å². The molecule has 0 amide bonds. The van der Waals surface area contributed by atoms with E-state index in [1.807, 2.05) is 26.8 Å². The number of hydrogen-bond acceptors (Lipinski definition) is 4. The molecule has 2 aliphatic carbocycles. The van der Waals surface area contributed by atoms with E-state index in [9.17, 15) is 15.0 Å². The van der Waals surface area contributed by atoms with Crippen LogP contribution in [0.15, 0.2) is 11.6 Å². The predicted octanol–water partition coefficient (Wildman–Crippen LogP) is 1.26. The molecule has 0 spiro atoms. The van der Waals surface area contributed by atoms with Crippen LogP contribution < -0.4 is 0 Å². The van der Waals surface area contributed by atoms with Crippen molar-refractivity contribution in [1.82, 2.24) is 0 Å². The fourth-order valence-electron chi connectivity index (χ4n) is 4.51. The molecule has 1 heterocycles. The van der Waals surface area contributed by atoms with Crippen molar-refractivity contribution in [3.63, 3.8) is 0 Å². The first-order valence-corrected chi connectivity index (χ1v) is 7.09. The standard InChI is InChI=1S/C15H22O4/c1-7-4-5-10(16)15(3)6-9-11(13(17)12(7)15)8(2)14(18)19-9/h4,8-13,16-17H,5-6H2,1-3H3/t8-,9+,10-,11-,12-,13+,15+/m1/s1. The van der Waals surface area contributed by atoms with Gasteiger partial charge in [0.15, 0.2) is 0 Å². The molecule has 4 nitrogen and oxygen atoms in total. The van der Waals surface area contributed by atoms with E-state index in [4.69, 9.17) is 4.74 Å². The minimum atomic E-state index is -0.614. The molecule has 3 rings (SSSR count). The topological polar surface area (TPSA) is 66.8 Å². The highest BCUT2D eigenvalue weighted by Gasteiger charge is 2.60. The van der Waals surface area contributed by atoms with Gasteiger partial charge in [0.25, 0.3) is 0 Å². The normalized spacial score (nSPS) is 53.1. The van der Waals surface area contributed by atoms with E-state index in [0.29, 0.717) is 12.8 Å². The molecule has 0 aromatic carbocycles. The molecule has 0 aromatic heterocycles. The third-order valence-electron chi connectivity index (χ3n) is 5.65. The number of hydrogen-bond donors (Lipinski definition) is 2. The lowest BCUT2D eigenvalue weighted by Gasteiger charge is -2.53. The van der Waals surface area contributed by atoms with Gasteiger partial charge in [0.05, 0.1) is 18.1 Å². The Hall–Kier alpha value is -0.870. The summed E-state index contributed by atoms with van der Waals surface area (Å²) in [4.78, 5) is 11.7. The fraction of sp³-hybridized carbons (Fsp3) is 0.800. The van der Waals surface area contributed by atoms with Crippen molar-refractivity contribution in [2.24, 2.45) is 23.2 Å². The molecule has 2 N–H and O–H groups in total. The van der Waals surface area contributed by atoms with Crippen molar-refractivity contribution in [3.8, 4) is 0 Å². The molecule has 106 valence electrons. The van der Waals surface area contributed by atoms with Crippen molar-refractivity contribution < 1.29 is 19.7 Å². The molecule has 7 atom stereocenters. The summed E-state index contributed by atoms with van der Waals surface area (Å²) >= 11 is 0. The maximum atomic E-state index is 11.7. The molecule has 0 unspecified atom stereocenters. The van der Waals surface area contributed by atoms with Gasteiger partial charge in [-0.05, 0) is 19.8 Å². The molecule has 1 saturated heterocycles. The third kappa shape index (κ3) is 1.62. The molecule has 0 radical (unpaired) electrons. The van der Waals surface area contributed by atoms with Crippen LogP contribution in [0, 0.1) is 23.2 Å². The van der Waals surface area contributed by atoms with Crippen LogP contribution in [0.3, 0.4) is 0 Å². The molecular weight excluding hydrogens is 244 g/mol. The van der Waals surface area contributed by atoms with E-state index in [1.165, 1.54) is 0 Å². The van der Waals surface area contributed by atoms with Crippen LogP contribution in [0.4, 0.5) is 0 Å². The molecule has 2 fully saturated rings. The summed E-state index contributed by atoms with van der Waals surface area (Å²) < 4.78 is 5.42. The molecule has 0 bridgehead atoms. The SMILES string of the molecule is CC1=CC[C@@H](O)[C@]2(C)C[C@@H]3OC(=O)[C@H](C)[C@H]3[C@H](O)[C@@H]12. The fourth-order valence-corrected chi connectivity index (χ4v) is 4.51. The predicted molar refractivity (Wildman–Crippen MR) is 69.1 cm³/mol. The number of rotatable bonds is 0. The summed E-state index contributed by atoms with van der Waals surface area (Å²) in [5.41, 5.74) is 0.731. The monoisotopic (exact) mass is 266 g/mol. The molecule has 4 heteroatoms. The number of carbonyl (C=O) groups is 1. The first-order valence-electron chi connectivity index (χ1n) is 7.09. The number of aliphatic hydroxyl groups is 2. The van der Waals surface area contributed by atoms with Gasteiger partial charge in [0, 0.05) is 17.3 Å². The van der Waals surface area contributed by atoms with Gasteiger partial charge in [0.2, 0.25) is 0 Å². The van der Waals surface area contributed by atoms with Crippen LogP contribution in [0.1, 0.15) is 33.6 Å². The lowest BCUT2D eigenvalue weighted by Crippen LogP contribution is -2.57. The van der Waals surface area contributed by atoms with Gasteiger partial charge >= 0.3 is 5.97 Å². The maximum absolute atomic E-state index is 11.7. The Morgan fingerprint density at radius 3 is 2.79 bits per heavy atom. The second-order valence-corrected chi connectivity index (χ2v) is 6.72. The Kier molecular flexibility index (Phi) is 2.81. The smallest absolute Gasteiger partial charge is 0.309 e. The van der Waals surface area contributed by atoms with Crippen molar-refractivity contribution >= 4 is 5.97 Å². The number of esters is 1. The summed E-state index contributed by atoms with van der Waals surface area (Å²) in [5.74, 6) is -0.683. The second kappa shape index (κ2) is 4.06. The maximum Gasteiger partial charge on any atom is 0.309 e. The van der Waals surface area contributed by atoms with Crippen LogP contribution in [0.5, 0.6) is 0 Å². The van der Waals surface area contributed by atoms with Crippen molar-refractivity contribution in [1.29, 1.82) is 0 Å². The van der Waals surface area contributed by atoms with Crippen molar-refractivity contribution in [2.45, 2.75) is 51.9 Å². The summed E-state index contributed by atoms with van der Waals surface area (Å²) in [6, 6.07) is 0. The minimum absolute atomic E-state index is 0.0746. The van der Waals surface area contributed by atoms with Crippen LogP contribution in [0.2, 0.25) is 0 Å². The highest BCUT2D eigenvalue weighted by Crippen LogP contribution is 2.55. The van der Waals surface area contributed by atoms with Gasteiger partial charge in [-0.15, -0.1) is 0 Å². The molecule has 1 saturated carbocycles. The molecular formula is C15H22O4.